The molecule has 0 fully saturated rings. The fraction of sp³-hybridized carbons (Fsp3) is 0.211. The molecular formula is C19H19ClN4O. The summed E-state index contributed by atoms with van der Waals surface area (Å²) < 4.78 is 1.91. The Kier molecular flexibility index (Phi) is 5.46. The number of carbonyl (C=O) groups excluding carboxylic acids is 1. The molecule has 2 heterocycles. The van der Waals surface area contributed by atoms with Gasteiger partial charge < -0.3 is 5.32 Å². The van der Waals surface area contributed by atoms with E-state index in [1.54, 1.807) is 12.4 Å². The number of rotatable bonds is 6. The molecule has 25 heavy (non-hydrogen) atoms. The van der Waals surface area contributed by atoms with Crippen LogP contribution < -0.4 is 5.32 Å². The smallest absolute Gasteiger partial charge is 0.220 e. The zero-order valence-corrected chi connectivity index (χ0v) is 14.7. The number of amides is 1. The molecule has 2 aromatic heterocycles. The van der Waals surface area contributed by atoms with Gasteiger partial charge in [0, 0.05) is 36.6 Å². The Morgan fingerprint density at radius 2 is 2.04 bits per heavy atom. The number of hydrogen-bond donors (Lipinski definition) is 1. The number of hydrogen-bond acceptors (Lipinski definition) is 3. The maximum absolute atomic E-state index is 12.0. The lowest BCUT2D eigenvalue weighted by Crippen LogP contribution is -2.23. The SMILES string of the molecule is Cc1nccn1-c1ccc(CNC(=O)CCc2ccccc2Cl)cn1. The number of benzene rings is 1. The molecule has 0 spiro atoms. The average Bonchev–Trinajstić information content (AvgIpc) is 3.06. The van der Waals surface area contributed by atoms with Crippen molar-refractivity contribution < 1.29 is 4.79 Å². The van der Waals surface area contributed by atoms with Crippen LogP contribution >= 0.6 is 11.6 Å². The molecule has 0 atom stereocenters. The Morgan fingerprint density at radius 3 is 2.72 bits per heavy atom. The molecule has 5 nitrogen and oxygen atoms in total. The molecule has 0 saturated carbocycles. The van der Waals surface area contributed by atoms with Gasteiger partial charge in [0.05, 0.1) is 0 Å². The van der Waals surface area contributed by atoms with E-state index in [-0.39, 0.29) is 5.91 Å². The van der Waals surface area contributed by atoms with Gasteiger partial charge in [-0.3, -0.25) is 9.36 Å². The quantitative estimate of drug-likeness (QED) is 0.737. The van der Waals surface area contributed by atoms with Crippen molar-refractivity contribution >= 4 is 17.5 Å². The third-order valence-corrected chi connectivity index (χ3v) is 4.32. The number of carbonyl (C=O) groups is 1. The van der Waals surface area contributed by atoms with E-state index in [4.69, 9.17) is 11.6 Å². The van der Waals surface area contributed by atoms with Crippen LogP contribution in [-0.4, -0.2) is 20.4 Å². The van der Waals surface area contributed by atoms with Gasteiger partial charge >= 0.3 is 0 Å². The van der Waals surface area contributed by atoms with E-state index >= 15 is 0 Å². The predicted octanol–water partition coefficient (Wildman–Crippen LogP) is 3.48. The van der Waals surface area contributed by atoms with Gasteiger partial charge in [0.25, 0.3) is 0 Å². The molecule has 0 aliphatic rings. The second-order valence-corrected chi connectivity index (χ2v) is 6.14. The fourth-order valence-corrected chi connectivity index (χ4v) is 2.75. The van der Waals surface area contributed by atoms with Gasteiger partial charge in [0.15, 0.2) is 0 Å². The lowest BCUT2D eigenvalue weighted by Gasteiger charge is -2.08. The highest BCUT2D eigenvalue weighted by Crippen LogP contribution is 2.16. The van der Waals surface area contributed by atoms with E-state index in [1.807, 2.05) is 54.1 Å². The first-order valence-corrected chi connectivity index (χ1v) is 8.46. The van der Waals surface area contributed by atoms with Gasteiger partial charge in [-0.1, -0.05) is 35.9 Å². The summed E-state index contributed by atoms with van der Waals surface area (Å²) in [5, 5.41) is 3.61. The third kappa shape index (κ3) is 4.45. The van der Waals surface area contributed by atoms with Crippen LogP contribution in [0.25, 0.3) is 5.82 Å². The summed E-state index contributed by atoms with van der Waals surface area (Å²) in [6, 6.07) is 11.5. The zero-order valence-electron chi connectivity index (χ0n) is 13.9. The topological polar surface area (TPSA) is 59.8 Å². The summed E-state index contributed by atoms with van der Waals surface area (Å²) in [5.41, 5.74) is 1.94. The molecule has 0 saturated heterocycles. The Balaban J connectivity index is 1.51. The number of pyridine rings is 1. The van der Waals surface area contributed by atoms with Crippen molar-refractivity contribution in [2.75, 3.05) is 0 Å². The molecule has 128 valence electrons. The molecule has 0 radical (unpaired) electrons. The molecular weight excluding hydrogens is 336 g/mol. The monoisotopic (exact) mass is 354 g/mol. The largest absolute Gasteiger partial charge is 0.352 e. The van der Waals surface area contributed by atoms with Crippen LogP contribution in [0.15, 0.2) is 55.0 Å². The first-order chi connectivity index (χ1) is 12.1. The Morgan fingerprint density at radius 1 is 1.20 bits per heavy atom. The second kappa shape index (κ2) is 7.94. The van der Waals surface area contributed by atoms with Crippen LogP contribution in [-0.2, 0) is 17.8 Å². The van der Waals surface area contributed by atoms with Crippen molar-refractivity contribution in [3.05, 3.63) is 77.0 Å². The maximum Gasteiger partial charge on any atom is 0.220 e. The van der Waals surface area contributed by atoms with Gasteiger partial charge in [-0.2, -0.15) is 0 Å². The lowest BCUT2D eigenvalue weighted by molar-refractivity contribution is -0.121. The minimum absolute atomic E-state index is 0.00514. The number of aromatic nitrogens is 3. The zero-order chi connectivity index (χ0) is 17.6. The number of aryl methyl sites for hydroxylation is 2. The highest BCUT2D eigenvalue weighted by molar-refractivity contribution is 6.31. The summed E-state index contributed by atoms with van der Waals surface area (Å²) in [6.45, 7) is 2.38. The van der Waals surface area contributed by atoms with Crippen LogP contribution in [0.4, 0.5) is 0 Å². The molecule has 0 unspecified atom stereocenters. The summed E-state index contributed by atoms with van der Waals surface area (Å²) in [6.07, 6.45) is 6.41. The maximum atomic E-state index is 12.0. The average molecular weight is 355 g/mol. The van der Waals surface area contributed by atoms with Gasteiger partial charge in [-0.25, -0.2) is 9.97 Å². The molecule has 1 amide bonds. The van der Waals surface area contributed by atoms with Crippen LogP contribution in [0.3, 0.4) is 0 Å². The molecule has 1 N–H and O–H groups in total. The number of nitrogens with one attached hydrogen (secondary N) is 1. The van der Waals surface area contributed by atoms with E-state index in [9.17, 15) is 4.79 Å². The van der Waals surface area contributed by atoms with Gasteiger partial charge in [-0.05, 0) is 36.6 Å². The van der Waals surface area contributed by atoms with Crippen LogP contribution in [0.5, 0.6) is 0 Å². The Bertz CT molecular complexity index is 858. The molecule has 1 aromatic carbocycles. The molecule has 6 heteroatoms. The molecule has 3 aromatic rings. The summed E-state index contributed by atoms with van der Waals surface area (Å²) >= 11 is 6.10. The lowest BCUT2D eigenvalue weighted by atomic mass is 10.1. The van der Waals surface area contributed by atoms with Crippen molar-refractivity contribution in [1.29, 1.82) is 0 Å². The number of nitrogens with zero attached hydrogens (tertiary/aromatic N) is 3. The predicted molar refractivity (Wildman–Crippen MR) is 97.7 cm³/mol. The highest BCUT2D eigenvalue weighted by atomic mass is 35.5. The van der Waals surface area contributed by atoms with E-state index in [2.05, 4.69) is 15.3 Å². The van der Waals surface area contributed by atoms with Gasteiger partial charge in [0.2, 0.25) is 5.91 Å². The fourth-order valence-electron chi connectivity index (χ4n) is 2.52. The molecule has 0 aliphatic carbocycles. The summed E-state index contributed by atoms with van der Waals surface area (Å²) in [4.78, 5) is 20.6. The highest BCUT2D eigenvalue weighted by Gasteiger charge is 2.06. The third-order valence-electron chi connectivity index (χ3n) is 3.95. The molecule has 0 bridgehead atoms. The first-order valence-electron chi connectivity index (χ1n) is 8.09. The number of halogens is 1. The minimum atomic E-state index is -0.00514. The Hall–Kier alpha value is -2.66. The summed E-state index contributed by atoms with van der Waals surface area (Å²) in [7, 11) is 0. The van der Waals surface area contributed by atoms with E-state index < -0.39 is 0 Å². The first kappa shape index (κ1) is 17.2. The van der Waals surface area contributed by atoms with E-state index in [0.717, 1.165) is 22.8 Å². The molecule has 3 rings (SSSR count). The van der Waals surface area contributed by atoms with Crippen LogP contribution in [0.1, 0.15) is 23.4 Å². The summed E-state index contributed by atoms with van der Waals surface area (Å²) in [5.74, 6) is 1.69. The minimum Gasteiger partial charge on any atom is -0.352 e. The Labute approximate surface area is 151 Å². The van der Waals surface area contributed by atoms with Crippen molar-refractivity contribution in [3.8, 4) is 5.82 Å². The van der Waals surface area contributed by atoms with Crippen LogP contribution in [0.2, 0.25) is 5.02 Å². The second-order valence-electron chi connectivity index (χ2n) is 5.74. The van der Waals surface area contributed by atoms with Crippen molar-refractivity contribution in [2.24, 2.45) is 0 Å². The number of imidazole rings is 1. The van der Waals surface area contributed by atoms with Crippen molar-refractivity contribution in [1.82, 2.24) is 19.9 Å². The van der Waals surface area contributed by atoms with E-state index in [0.29, 0.717) is 24.4 Å². The standard InChI is InChI=1S/C19H19ClN4O/c1-14-21-10-11-24(14)18-8-6-15(12-22-18)13-23-19(25)9-7-16-4-2-3-5-17(16)20/h2-6,8,10-12H,7,9,13H2,1H3,(H,23,25). The normalized spacial score (nSPS) is 10.6. The van der Waals surface area contributed by atoms with E-state index in [1.165, 1.54) is 0 Å². The van der Waals surface area contributed by atoms with Gasteiger partial charge in [-0.15, -0.1) is 0 Å². The van der Waals surface area contributed by atoms with Crippen molar-refractivity contribution in [2.45, 2.75) is 26.3 Å². The van der Waals surface area contributed by atoms with Crippen molar-refractivity contribution in [3.63, 3.8) is 0 Å². The van der Waals surface area contributed by atoms with Crippen LogP contribution in [0, 0.1) is 6.92 Å². The van der Waals surface area contributed by atoms with Gasteiger partial charge in [0.1, 0.15) is 11.6 Å². The molecule has 0 aliphatic heterocycles.